The van der Waals surface area contributed by atoms with Gasteiger partial charge in [0.2, 0.25) is 17.7 Å². The third-order valence-electron chi connectivity index (χ3n) is 15.7. The van der Waals surface area contributed by atoms with E-state index in [1.54, 1.807) is 11.8 Å². The highest BCUT2D eigenvalue weighted by Crippen LogP contribution is 2.53. The summed E-state index contributed by atoms with van der Waals surface area (Å²) in [5.74, 6) is 2.57. The first-order valence-corrected chi connectivity index (χ1v) is 32.6. The third-order valence-corrected chi connectivity index (χ3v) is 15.7. The molecule has 16 nitrogen and oxygen atoms in total. The van der Waals surface area contributed by atoms with Crippen LogP contribution in [0.1, 0.15) is 214 Å². The van der Waals surface area contributed by atoms with E-state index < -0.39 is 5.54 Å². The molecule has 2 fully saturated rings. The van der Waals surface area contributed by atoms with E-state index in [-0.39, 0.29) is 62.2 Å². The van der Waals surface area contributed by atoms with Gasteiger partial charge in [0.05, 0.1) is 57.5 Å². The van der Waals surface area contributed by atoms with Crippen LogP contribution >= 0.6 is 11.8 Å². The number of carbonyl (C=O) groups is 3. The monoisotopic (exact) mass is 1190 g/mol. The fraction of sp³-hybridized carbons (Fsp3) is 0.691. The molecule has 1 saturated carbocycles. The molecular weight excluding hydrogens is 1080 g/mol. The van der Waals surface area contributed by atoms with Crippen LogP contribution in [0.2, 0.25) is 0 Å². The fourth-order valence-electron chi connectivity index (χ4n) is 11.1. The molecule has 4 aliphatic rings. The summed E-state index contributed by atoms with van der Waals surface area (Å²) in [5.41, 5.74) is 9.08. The molecule has 0 radical (unpaired) electrons. The lowest BCUT2D eigenvalue weighted by atomic mass is 9.80. The third kappa shape index (κ3) is 18.9. The molecule has 3 aromatic heterocycles. The van der Waals surface area contributed by atoms with E-state index in [1.807, 2.05) is 111 Å². The maximum atomic E-state index is 13.4. The quantitative estimate of drug-likeness (QED) is 0.160. The molecule has 17 heteroatoms. The Morgan fingerprint density at radius 1 is 0.624 bits per heavy atom. The molecule has 3 amide bonds. The number of hydrogen-bond acceptors (Lipinski definition) is 12. The number of para-hydroxylation sites is 1. The van der Waals surface area contributed by atoms with Crippen LogP contribution in [0.5, 0.6) is 0 Å². The van der Waals surface area contributed by atoms with Gasteiger partial charge in [0.1, 0.15) is 5.69 Å². The Kier molecular flexibility index (Phi) is 22.4. The molecule has 0 bridgehead atoms. The molecule has 472 valence electrons. The van der Waals surface area contributed by atoms with Crippen molar-refractivity contribution in [1.82, 2.24) is 60.5 Å². The molecule has 2 aromatic carbocycles. The van der Waals surface area contributed by atoms with Crippen molar-refractivity contribution in [2.45, 2.75) is 250 Å². The summed E-state index contributed by atoms with van der Waals surface area (Å²) >= 11 is 1.75. The lowest BCUT2D eigenvalue weighted by Gasteiger charge is -2.32. The second-order valence-electron chi connectivity index (χ2n) is 32.0. The number of thioether (sulfide) groups is 1. The van der Waals surface area contributed by atoms with Crippen LogP contribution in [-0.4, -0.2) is 110 Å². The van der Waals surface area contributed by atoms with Gasteiger partial charge in [0.15, 0.2) is 0 Å². The van der Waals surface area contributed by atoms with Gasteiger partial charge in [-0.2, -0.15) is 11.8 Å². The molecular formula is C68H111N13O3S. The molecule has 4 atom stereocenters. The smallest absolute Gasteiger partial charge is 0.233 e. The van der Waals surface area contributed by atoms with Crippen molar-refractivity contribution >= 4 is 35.2 Å². The molecule has 85 heavy (non-hydrogen) atoms. The van der Waals surface area contributed by atoms with E-state index in [0.717, 1.165) is 70.1 Å². The van der Waals surface area contributed by atoms with Crippen LogP contribution in [0.15, 0.2) is 54.7 Å². The molecule has 9 rings (SSSR count). The van der Waals surface area contributed by atoms with Crippen LogP contribution in [0, 0.1) is 29.1 Å². The Labute approximate surface area is 517 Å². The van der Waals surface area contributed by atoms with E-state index in [9.17, 15) is 14.4 Å². The summed E-state index contributed by atoms with van der Waals surface area (Å²) in [5, 5.41) is 33.5. The normalized spacial score (nSPS) is 19.0. The minimum Gasteiger partial charge on any atom is -0.312 e. The van der Waals surface area contributed by atoms with E-state index in [2.05, 4.69) is 183 Å². The van der Waals surface area contributed by atoms with E-state index in [4.69, 9.17) is 0 Å². The number of carbonyl (C=O) groups excluding carboxylic acids is 3. The van der Waals surface area contributed by atoms with Gasteiger partial charge in [-0.3, -0.25) is 19.3 Å². The number of amides is 3. The number of aromatic nitrogens is 9. The number of anilines is 1. The van der Waals surface area contributed by atoms with Crippen LogP contribution in [-0.2, 0) is 55.8 Å². The lowest BCUT2D eigenvalue weighted by Crippen LogP contribution is -2.46. The maximum Gasteiger partial charge on any atom is 0.233 e. The van der Waals surface area contributed by atoms with Gasteiger partial charge in [-0.15, -0.1) is 15.3 Å². The molecule has 5 heterocycles. The molecule has 1 saturated heterocycles. The average Bonchev–Trinajstić information content (AvgIpc) is 3.73. The van der Waals surface area contributed by atoms with Crippen LogP contribution in [0.25, 0.3) is 22.5 Å². The molecule has 2 aliphatic heterocycles. The van der Waals surface area contributed by atoms with Crippen LogP contribution in [0.3, 0.4) is 0 Å². The van der Waals surface area contributed by atoms with Gasteiger partial charge in [-0.1, -0.05) is 99.6 Å². The zero-order valence-electron chi connectivity index (χ0n) is 57.4. The van der Waals surface area contributed by atoms with Crippen LogP contribution in [0.4, 0.5) is 5.69 Å². The standard InChI is InChI=1S/C26H33N5O.C18H32N4.C12H21NO2.C10H19N3.C2H6S/c1-25(2,3)27-16-15-22(32)30-17-18-11-7-8-12-19(18)24-23(20-13-9-10-14-21(20)30)28-29-31(24)26(4,5)6;1-17(2,3)19-11-14-12-7-9-15-16(10-8-13(12)14)22(21-20-15)18(4,5)6;1-11(2,3)8-7-9(14)13(10(8)15)12(4,5)6;1-9(2,3)8-7-13(12-11-8)10(4,5)6;1-3-2/h7-14,27H,15-17H2,1-6H3;12-14,19H,7-11H2,1-6H3;8H,7H2,1-6H3;7H,1-6H3;1-2H3/t;12-,13+,14+;;;/m.0.../s1. The highest BCUT2D eigenvalue weighted by molar-refractivity contribution is 7.97. The zero-order valence-corrected chi connectivity index (χ0v) is 58.2. The number of nitrogens with one attached hydrogen (secondary N) is 2. The van der Waals surface area contributed by atoms with Gasteiger partial charge in [-0.05, 0) is 204 Å². The topological polar surface area (TPSA) is 174 Å². The first kappa shape index (κ1) is 70.5. The van der Waals surface area contributed by atoms with Crippen molar-refractivity contribution in [3.05, 3.63) is 77.4 Å². The summed E-state index contributed by atoms with van der Waals surface area (Å²) in [7, 11) is 0. The van der Waals surface area contributed by atoms with Gasteiger partial charge in [0, 0.05) is 58.7 Å². The largest absolute Gasteiger partial charge is 0.312 e. The first-order valence-electron chi connectivity index (χ1n) is 31.0. The van der Waals surface area contributed by atoms with Crippen molar-refractivity contribution in [2.24, 2.45) is 29.1 Å². The van der Waals surface area contributed by atoms with E-state index in [0.29, 0.717) is 25.9 Å². The number of imide groups is 1. The minimum absolute atomic E-state index is 0.0139. The molecule has 0 spiro atoms. The second-order valence-corrected chi connectivity index (χ2v) is 32.8. The number of nitrogens with zero attached hydrogens (tertiary/aromatic N) is 11. The highest BCUT2D eigenvalue weighted by atomic mass is 32.2. The average molecular weight is 1190 g/mol. The Hall–Kier alpha value is -5.26. The summed E-state index contributed by atoms with van der Waals surface area (Å²) < 4.78 is 6.07. The number of benzene rings is 2. The fourth-order valence-corrected chi connectivity index (χ4v) is 11.1. The van der Waals surface area contributed by atoms with Crippen molar-refractivity contribution < 1.29 is 14.4 Å². The van der Waals surface area contributed by atoms with Gasteiger partial charge in [-0.25, -0.2) is 14.0 Å². The summed E-state index contributed by atoms with van der Waals surface area (Å²) in [6.07, 6.45) is 11.7. The van der Waals surface area contributed by atoms with Crippen molar-refractivity contribution in [3.8, 4) is 22.5 Å². The Morgan fingerprint density at radius 3 is 1.65 bits per heavy atom. The first-order chi connectivity index (χ1) is 38.9. The molecule has 2 N–H and O–H groups in total. The van der Waals surface area contributed by atoms with E-state index in [1.165, 1.54) is 35.7 Å². The van der Waals surface area contributed by atoms with Crippen LogP contribution < -0.4 is 15.5 Å². The SMILES string of the molecule is CC(C)(C)C1CC(=O)N(C(C)(C)C)C1=O.CC(C)(C)NCCC(=O)N1Cc2ccccc2-c2c(nnn2C(C)(C)C)-c2ccccc21.CC(C)(C)NC[C@H]1[C@@H]2CCc3c(nnn3C(C)(C)C)CC[C@@H]21.CC(C)(C)c1cn(C(C)(C)C)nn1.CSC. The number of likely N-dealkylation sites (tertiary alicyclic amines) is 1. The molecule has 1 unspecified atom stereocenters. The lowest BCUT2D eigenvalue weighted by molar-refractivity contribution is -0.145. The molecule has 2 aliphatic carbocycles. The molecule has 5 aromatic rings. The maximum absolute atomic E-state index is 13.4. The number of aryl methyl sites for hydroxylation is 1. The van der Waals surface area contributed by atoms with Gasteiger partial charge >= 0.3 is 0 Å². The predicted molar refractivity (Wildman–Crippen MR) is 352 cm³/mol. The van der Waals surface area contributed by atoms with Crippen molar-refractivity contribution in [2.75, 3.05) is 30.5 Å². The van der Waals surface area contributed by atoms with Gasteiger partial charge in [0.25, 0.3) is 0 Å². The summed E-state index contributed by atoms with van der Waals surface area (Å²) in [4.78, 5) is 40.7. The van der Waals surface area contributed by atoms with Crippen molar-refractivity contribution in [3.63, 3.8) is 0 Å². The number of fused-ring (bicyclic) bond motifs is 7. The van der Waals surface area contributed by atoms with Crippen molar-refractivity contribution in [1.29, 1.82) is 0 Å². The Balaban J connectivity index is 0.000000217. The highest BCUT2D eigenvalue weighted by Gasteiger charge is 2.50. The second kappa shape index (κ2) is 27.0. The zero-order chi connectivity index (χ0) is 64.2. The minimum atomic E-state index is -0.395. The van der Waals surface area contributed by atoms with E-state index >= 15 is 0 Å². The van der Waals surface area contributed by atoms with Gasteiger partial charge < -0.3 is 15.5 Å². The summed E-state index contributed by atoms with van der Waals surface area (Å²) in [6, 6.07) is 16.3. The number of rotatable bonds is 5. The predicted octanol–water partition coefficient (Wildman–Crippen LogP) is 13.7. The Bertz CT molecular complexity index is 2990. The number of hydrogen-bond donors (Lipinski definition) is 2. The Morgan fingerprint density at radius 2 is 1.16 bits per heavy atom. The summed E-state index contributed by atoms with van der Waals surface area (Å²) in [6.45, 7) is 53.0.